The van der Waals surface area contributed by atoms with Crippen molar-refractivity contribution in [1.29, 1.82) is 0 Å². The molecule has 1 aromatic rings. The number of carboxylic acid groups (broad SMARTS) is 1. The lowest BCUT2D eigenvalue weighted by atomic mass is 9.96. The average molecular weight is 353 g/mol. The first-order valence-electron chi connectivity index (χ1n) is 5.99. The zero-order valence-electron chi connectivity index (χ0n) is 10.3. The predicted octanol–water partition coefficient (Wildman–Crippen LogP) is 3.32. The van der Waals surface area contributed by atoms with Gasteiger partial charge in [-0.05, 0) is 34.8 Å². The van der Waals surface area contributed by atoms with Gasteiger partial charge in [0.05, 0.1) is 5.92 Å². The molecule has 1 aromatic heterocycles. The Morgan fingerprint density at radius 3 is 2.50 bits per heavy atom. The molecule has 0 unspecified atom stereocenters. The number of carbonyl (C=O) groups is 1. The molecule has 4 nitrogen and oxygen atoms in total. The molecular formula is C12H12BrF3N2O2. The number of hydrogen-bond donors (Lipinski definition) is 1. The number of anilines is 1. The minimum Gasteiger partial charge on any atom is -0.478 e. The lowest BCUT2D eigenvalue weighted by molar-refractivity contribution is -0.179. The van der Waals surface area contributed by atoms with E-state index in [1.165, 1.54) is 12.3 Å². The number of aromatic carboxylic acids is 1. The lowest BCUT2D eigenvalue weighted by Gasteiger charge is -2.34. The van der Waals surface area contributed by atoms with Crippen LogP contribution in [0.1, 0.15) is 23.2 Å². The summed E-state index contributed by atoms with van der Waals surface area (Å²) in [7, 11) is 0. The standard InChI is InChI=1S/C12H12BrF3N2O2/c13-8-5-9(11(19)20)10(17-6-8)18-3-1-7(2-4-18)12(14,15)16/h5-7H,1-4H2,(H,19,20). The van der Waals surface area contributed by atoms with Crippen LogP contribution in [0, 0.1) is 5.92 Å². The molecule has 1 fully saturated rings. The van der Waals surface area contributed by atoms with Crippen LogP contribution in [-0.2, 0) is 0 Å². The van der Waals surface area contributed by atoms with Crippen molar-refractivity contribution in [2.24, 2.45) is 5.92 Å². The van der Waals surface area contributed by atoms with Crippen molar-refractivity contribution < 1.29 is 23.1 Å². The number of hydrogen-bond acceptors (Lipinski definition) is 3. The number of aromatic nitrogens is 1. The predicted molar refractivity (Wildman–Crippen MR) is 69.9 cm³/mol. The van der Waals surface area contributed by atoms with Crippen molar-refractivity contribution in [2.75, 3.05) is 18.0 Å². The first-order valence-corrected chi connectivity index (χ1v) is 6.79. The fraction of sp³-hybridized carbons (Fsp3) is 0.500. The summed E-state index contributed by atoms with van der Waals surface area (Å²) in [6.07, 6.45) is -2.83. The summed E-state index contributed by atoms with van der Waals surface area (Å²) in [5, 5.41) is 9.13. The van der Waals surface area contributed by atoms with Crippen molar-refractivity contribution in [3.63, 3.8) is 0 Å². The minimum atomic E-state index is -4.19. The second-order valence-electron chi connectivity index (χ2n) is 4.63. The molecule has 0 spiro atoms. The van der Waals surface area contributed by atoms with E-state index in [2.05, 4.69) is 20.9 Å². The first kappa shape index (κ1) is 15.1. The fourth-order valence-corrected chi connectivity index (χ4v) is 2.59. The number of rotatable bonds is 2. The van der Waals surface area contributed by atoms with Gasteiger partial charge in [-0.1, -0.05) is 0 Å². The van der Waals surface area contributed by atoms with E-state index in [-0.39, 0.29) is 37.3 Å². The van der Waals surface area contributed by atoms with Gasteiger partial charge in [0.1, 0.15) is 11.4 Å². The molecule has 0 bridgehead atoms. The smallest absolute Gasteiger partial charge is 0.391 e. The zero-order valence-corrected chi connectivity index (χ0v) is 11.9. The Morgan fingerprint density at radius 2 is 2.00 bits per heavy atom. The monoisotopic (exact) mass is 352 g/mol. The van der Waals surface area contributed by atoms with Crippen molar-refractivity contribution in [3.05, 3.63) is 22.3 Å². The molecule has 0 aromatic carbocycles. The van der Waals surface area contributed by atoms with E-state index in [0.29, 0.717) is 4.47 Å². The van der Waals surface area contributed by atoms with Crippen LogP contribution in [0.25, 0.3) is 0 Å². The molecular weight excluding hydrogens is 341 g/mol. The van der Waals surface area contributed by atoms with Crippen LogP contribution in [0.5, 0.6) is 0 Å². The van der Waals surface area contributed by atoms with Crippen molar-refractivity contribution >= 4 is 27.7 Å². The molecule has 1 N–H and O–H groups in total. The third-order valence-electron chi connectivity index (χ3n) is 3.32. The molecule has 0 atom stereocenters. The summed E-state index contributed by atoms with van der Waals surface area (Å²) < 4.78 is 38.3. The molecule has 0 amide bonds. The number of piperidine rings is 1. The van der Waals surface area contributed by atoms with Crippen LogP contribution in [0.15, 0.2) is 16.7 Å². The largest absolute Gasteiger partial charge is 0.478 e. The van der Waals surface area contributed by atoms with E-state index in [1.807, 2.05) is 0 Å². The van der Waals surface area contributed by atoms with E-state index in [4.69, 9.17) is 5.11 Å². The third kappa shape index (κ3) is 3.23. The Kier molecular flexibility index (Phi) is 4.22. The fourth-order valence-electron chi connectivity index (χ4n) is 2.26. The Hall–Kier alpha value is -1.31. The molecule has 110 valence electrons. The van der Waals surface area contributed by atoms with Crippen molar-refractivity contribution in [3.8, 4) is 0 Å². The van der Waals surface area contributed by atoms with Gasteiger partial charge in [0.25, 0.3) is 0 Å². The summed E-state index contributed by atoms with van der Waals surface area (Å²) in [6.45, 7) is 0.304. The number of alkyl halides is 3. The molecule has 1 saturated heterocycles. The molecule has 1 aliphatic heterocycles. The second-order valence-corrected chi connectivity index (χ2v) is 5.55. The van der Waals surface area contributed by atoms with Gasteiger partial charge in [-0.25, -0.2) is 9.78 Å². The highest BCUT2D eigenvalue weighted by atomic mass is 79.9. The van der Waals surface area contributed by atoms with Gasteiger partial charge in [-0.3, -0.25) is 0 Å². The van der Waals surface area contributed by atoms with Crippen molar-refractivity contribution in [2.45, 2.75) is 19.0 Å². The van der Waals surface area contributed by atoms with Gasteiger partial charge in [0, 0.05) is 23.8 Å². The van der Waals surface area contributed by atoms with Gasteiger partial charge in [0.2, 0.25) is 0 Å². The Bertz CT molecular complexity index is 514. The van der Waals surface area contributed by atoms with Crippen LogP contribution in [-0.4, -0.2) is 35.3 Å². The Morgan fingerprint density at radius 1 is 1.40 bits per heavy atom. The van der Waals surface area contributed by atoms with Gasteiger partial charge < -0.3 is 10.0 Å². The number of nitrogens with zero attached hydrogens (tertiary/aromatic N) is 2. The van der Waals surface area contributed by atoms with Gasteiger partial charge in [0.15, 0.2) is 0 Å². The quantitative estimate of drug-likeness (QED) is 0.886. The van der Waals surface area contributed by atoms with E-state index in [9.17, 15) is 18.0 Å². The van der Waals surface area contributed by atoms with Gasteiger partial charge >= 0.3 is 12.1 Å². The molecule has 0 radical (unpaired) electrons. The molecule has 20 heavy (non-hydrogen) atoms. The topological polar surface area (TPSA) is 53.4 Å². The molecule has 0 saturated carbocycles. The summed E-state index contributed by atoms with van der Waals surface area (Å²) in [6, 6.07) is 1.40. The van der Waals surface area contributed by atoms with E-state index < -0.39 is 18.1 Å². The van der Waals surface area contributed by atoms with Crippen LogP contribution in [0.3, 0.4) is 0 Å². The van der Waals surface area contributed by atoms with E-state index in [0.717, 1.165) is 0 Å². The third-order valence-corrected chi connectivity index (χ3v) is 3.75. The summed E-state index contributed by atoms with van der Waals surface area (Å²) >= 11 is 3.13. The van der Waals surface area contributed by atoms with E-state index in [1.54, 1.807) is 4.90 Å². The van der Waals surface area contributed by atoms with Crippen LogP contribution >= 0.6 is 15.9 Å². The highest BCUT2D eigenvalue weighted by Crippen LogP contribution is 2.35. The molecule has 8 heteroatoms. The zero-order chi connectivity index (χ0) is 14.9. The maximum absolute atomic E-state index is 12.6. The number of pyridine rings is 1. The molecule has 0 aliphatic carbocycles. The normalized spacial score (nSPS) is 17.3. The summed E-state index contributed by atoms with van der Waals surface area (Å²) in [5.41, 5.74) is -0.00941. The lowest BCUT2D eigenvalue weighted by Crippen LogP contribution is -2.40. The minimum absolute atomic E-state index is 0.00941. The molecule has 2 rings (SSSR count). The van der Waals surface area contributed by atoms with Crippen LogP contribution < -0.4 is 4.90 Å². The Labute approximate surface area is 121 Å². The first-order chi connectivity index (χ1) is 9.29. The van der Waals surface area contributed by atoms with Gasteiger partial charge in [-0.2, -0.15) is 13.2 Å². The van der Waals surface area contributed by atoms with Gasteiger partial charge in [-0.15, -0.1) is 0 Å². The van der Waals surface area contributed by atoms with Crippen LogP contribution in [0.4, 0.5) is 19.0 Å². The Balaban J connectivity index is 2.17. The summed E-state index contributed by atoms with van der Waals surface area (Å²) in [5.74, 6) is -2.24. The summed E-state index contributed by atoms with van der Waals surface area (Å²) in [4.78, 5) is 16.8. The maximum Gasteiger partial charge on any atom is 0.391 e. The van der Waals surface area contributed by atoms with E-state index >= 15 is 0 Å². The maximum atomic E-state index is 12.6. The average Bonchev–Trinajstić information content (AvgIpc) is 2.37. The molecule has 1 aliphatic rings. The highest BCUT2D eigenvalue weighted by molar-refractivity contribution is 9.10. The number of halogens is 4. The van der Waals surface area contributed by atoms with Crippen molar-refractivity contribution in [1.82, 2.24) is 4.98 Å². The van der Waals surface area contributed by atoms with Crippen LogP contribution in [0.2, 0.25) is 0 Å². The molecule has 2 heterocycles. The highest BCUT2D eigenvalue weighted by Gasteiger charge is 2.41. The number of carboxylic acids is 1. The second kappa shape index (κ2) is 5.59. The SMILES string of the molecule is O=C(O)c1cc(Br)cnc1N1CCC(C(F)(F)F)CC1.